The Morgan fingerprint density at radius 2 is 0.621 bits per heavy atom. The molecule has 0 aliphatic heterocycles. The summed E-state index contributed by atoms with van der Waals surface area (Å²) in [7, 11) is 0. The van der Waals surface area contributed by atoms with Crippen molar-refractivity contribution in [2.75, 3.05) is 0 Å². The average molecular weight is 848 g/mol. The molecule has 8 aromatic carbocycles. The van der Waals surface area contributed by atoms with E-state index in [-0.39, 0.29) is 0 Å². The Bertz CT molecular complexity index is 3500. The molecule has 11 aromatic rings. The summed E-state index contributed by atoms with van der Waals surface area (Å²) in [4.78, 5) is 35.1. The predicted octanol–water partition coefficient (Wildman–Crippen LogP) is 14.2. The minimum Gasteiger partial charge on any atom is -0.258 e. The van der Waals surface area contributed by atoms with Crippen LogP contribution in [0.4, 0.5) is 0 Å². The van der Waals surface area contributed by atoms with E-state index < -0.39 is 0 Å². The quantitative estimate of drug-likeness (QED) is 0.143. The van der Waals surface area contributed by atoms with Gasteiger partial charge in [-0.15, -0.1) is 0 Å². The third-order valence-corrected chi connectivity index (χ3v) is 11.8. The van der Waals surface area contributed by atoms with Gasteiger partial charge >= 0.3 is 0 Å². The fourth-order valence-electron chi connectivity index (χ4n) is 8.45. The van der Waals surface area contributed by atoms with Crippen LogP contribution >= 0.6 is 0 Å². The first-order chi connectivity index (χ1) is 32.5. The van der Waals surface area contributed by atoms with Crippen LogP contribution in [0.5, 0.6) is 0 Å². The summed E-state index contributed by atoms with van der Waals surface area (Å²) in [6, 6.07) is 72.7. The topological polar surface area (TPSA) is 90.2 Å². The van der Waals surface area contributed by atoms with Crippen molar-refractivity contribution < 1.29 is 0 Å². The number of benzene rings is 8. The molecule has 0 bridgehead atoms. The molecule has 0 atom stereocenters. The van der Waals surface area contributed by atoms with E-state index in [9.17, 15) is 0 Å². The third-order valence-electron chi connectivity index (χ3n) is 11.8. The van der Waals surface area contributed by atoms with Crippen LogP contribution < -0.4 is 0 Å². The Labute approximate surface area is 383 Å². The highest BCUT2D eigenvalue weighted by atomic mass is 15.0. The van der Waals surface area contributed by atoms with Gasteiger partial charge in [0.25, 0.3) is 0 Å². The number of hydrogen-bond acceptors (Lipinski definition) is 7. The van der Waals surface area contributed by atoms with Crippen LogP contribution in [0.15, 0.2) is 212 Å². The number of aryl methyl sites for hydroxylation is 2. The highest BCUT2D eigenvalue weighted by molar-refractivity contribution is 5.90. The molecule has 7 nitrogen and oxygen atoms in total. The van der Waals surface area contributed by atoms with E-state index in [4.69, 9.17) is 34.9 Å². The van der Waals surface area contributed by atoms with Crippen LogP contribution in [0.3, 0.4) is 0 Å². The maximum atomic E-state index is 5.11. The largest absolute Gasteiger partial charge is 0.258 e. The molecule has 3 aromatic heterocycles. The summed E-state index contributed by atoms with van der Waals surface area (Å²) < 4.78 is 0. The molecule has 0 saturated carbocycles. The fraction of sp³-hybridized carbons (Fsp3) is 0.0339. The zero-order chi connectivity index (χ0) is 44.4. The minimum atomic E-state index is 0.602. The van der Waals surface area contributed by atoms with Gasteiger partial charge in [0.15, 0.2) is 34.9 Å². The molecule has 312 valence electrons. The molecule has 0 radical (unpaired) electrons. The van der Waals surface area contributed by atoms with Crippen molar-refractivity contribution in [3.8, 4) is 102 Å². The molecule has 0 unspecified atom stereocenters. The van der Waals surface area contributed by atoms with Gasteiger partial charge in [0.2, 0.25) is 0 Å². The molecule has 0 spiro atoms. The van der Waals surface area contributed by atoms with Crippen molar-refractivity contribution >= 4 is 10.8 Å². The Morgan fingerprint density at radius 3 is 1.17 bits per heavy atom. The molecule has 7 heteroatoms. The first-order valence-electron chi connectivity index (χ1n) is 22.0. The molecule has 66 heavy (non-hydrogen) atoms. The van der Waals surface area contributed by atoms with Crippen LogP contribution in [0, 0.1) is 13.8 Å². The summed E-state index contributed by atoms with van der Waals surface area (Å²) in [6.07, 6.45) is 0. The lowest BCUT2D eigenvalue weighted by molar-refractivity contribution is 1.07. The average Bonchev–Trinajstić information content (AvgIpc) is 3.39. The van der Waals surface area contributed by atoms with Crippen LogP contribution in [0.2, 0.25) is 0 Å². The Morgan fingerprint density at radius 1 is 0.227 bits per heavy atom. The van der Waals surface area contributed by atoms with Crippen molar-refractivity contribution in [2.24, 2.45) is 0 Å². The third kappa shape index (κ3) is 8.13. The van der Waals surface area contributed by atoms with Gasteiger partial charge in [0.1, 0.15) is 0 Å². The van der Waals surface area contributed by atoms with E-state index in [1.54, 1.807) is 0 Å². The zero-order valence-electron chi connectivity index (χ0n) is 36.3. The number of rotatable bonds is 9. The van der Waals surface area contributed by atoms with Gasteiger partial charge in [-0.1, -0.05) is 182 Å². The number of hydrogen-bond donors (Lipinski definition) is 0. The van der Waals surface area contributed by atoms with E-state index in [0.717, 1.165) is 83.5 Å². The highest BCUT2D eigenvalue weighted by Gasteiger charge is 2.18. The monoisotopic (exact) mass is 847 g/mol. The smallest absolute Gasteiger partial charge is 0.164 e. The van der Waals surface area contributed by atoms with Gasteiger partial charge in [0, 0.05) is 50.3 Å². The maximum absolute atomic E-state index is 5.11. The van der Waals surface area contributed by atoms with Gasteiger partial charge in [-0.2, -0.15) is 0 Å². The lowest BCUT2D eigenvalue weighted by atomic mass is 9.89. The van der Waals surface area contributed by atoms with Crippen LogP contribution in [-0.2, 0) is 0 Å². The first-order valence-corrected chi connectivity index (χ1v) is 22.0. The van der Waals surface area contributed by atoms with Crippen molar-refractivity contribution in [3.05, 3.63) is 224 Å². The van der Waals surface area contributed by atoms with E-state index in [0.29, 0.717) is 34.9 Å². The normalized spacial score (nSPS) is 11.2. The predicted molar refractivity (Wildman–Crippen MR) is 267 cm³/mol. The number of fused-ring (bicyclic) bond motifs is 1. The molecule has 0 N–H and O–H groups in total. The van der Waals surface area contributed by atoms with E-state index in [2.05, 4.69) is 128 Å². The number of aromatic nitrogens is 7. The van der Waals surface area contributed by atoms with E-state index in [1.165, 1.54) is 5.39 Å². The highest BCUT2D eigenvalue weighted by Crippen LogP contribution is 2.39. The summed E-state index contributed by atoms with van der Waals surface area (Å²) in [5, 5.41) is 2.30. The van der Waals surface area contributed by atoms with Crippen molar-refractivity contribution in [3.63, 3.8) is 0 Å². The Kier molecular flexibility index (Phi) is 10.5. The van der Waals surface area contributed by atoms with Gasteiger partial charge in [-0.3, -0.25) is 4.98 Å². The van der Waals surface area contributed by atoms with Gasteiger partial charge in [0.05, 0.1) is 0 Å². The molecule has 0 saturated heterocycles. The van der Waals surface area contributed by atoms with E-state index >= 15 is 0 Å². The lowest BCUT2D eigenvalue weighted by Gasteiger charge is -2.16. The van der Waals surface area contributed by atoms with Crippen LogP contribution in [0.25, 0.3) is 112 Å². The molecular weight excluding hydrogens is 807 g/mol. The van der Waals surface area contributed by atoms with Crippen molar-refractivity contribution in [1.82, 2.24) is 34.9 Å². The Balaban J connectivity index is 1.02. The Hall–Kier alpha value is -8.81. The van der Waals surface area contributed by atoms with Gasteiger partial charge < -0.3 is 0 Å². The fourth-order valence-corrected chi connectivity index (χ4v) is 8.45. The number of pyridine rings is 1. The summed E-state index contributed by atoms with van der Waals surface area (Å²) in [5.41, 5.74) is 13.7. The number of nitrogens with zero attached hydrogens (tertiary/aromatic N) is 7. The second kappa shape index (κ2) is 17.4. The lowest BCUT2D eigenvalue weighted by Crippen LogP contribution is -2.00. The SMILES string of the molecule is Cc1ccc(-c2cc(-c3cccc(-c4nc(-c5ccccc5)nc(-c5ccc6ccccc6c5)n4)c3)ccc2-c2cccc(-c3nc(-c4ccccc4)nc(-c4ccccc4)n3)c2)c(C)n1. The second-order valence-corrected chi connectivity index (χ2v) is 16.3. The molecule has 0 fully saturated rings. The summed E-state index contributed by atoms with van der Waals surface area (Å²) in [6.45, 7) is 4.11. The summed E-state index contributed by atoms with van der Waals surface area (Å²) in [5.74, 6) is 3.69. The molecular formula is C59H41N7. The van der Waals surface area contributed by atoms with Crippen molar-refractivity contribution in [2.45, 2.75) is 13.8 Å². The van der Waals surface area contributed by atoms with Crippen LogP contribution in [0.1, 0.15) is 11.4 Å². The standard InChI is InChI=1S/C59H41N7/c1-38-28-32-51(39(2)60-38)53-37-46(31-33-52(53)47-25-15-27-49(36-47)58-62-54(41-17-6-3-7-18-41)61-55(63-58)42-19-8-4-9-20-42)45-24-14-26-48(35-45)57-64-56(43-21-10-5-11-22-43)65-59(66-57)50-30-29-40-16-12-13-23-44(40)34-50/h3-37H,1-2H3. The van der Waals surface area contributed by atoms with Gasteiger partial charge in [-0.25, -0.2) is 29.9 Å². The van der Waals surface area contributed by atoms with Crippen LogP contribution in [-0.4, -0.2) is 34.9 Å². The molecule has 11 rings (SSSR count). The minimum absolute atomic E-state index is 0.602. The zero-order valence-corrected chi connectivity index (χ0v) is 36.3. The molecule has 0 amide bonds. The second-order valence-electron chi connectivity index (χ2n) is 16.3. The molecule has 3 heterocycles. The van der Waals surface area contributed by atoms with E-state index in [1.807, 2.05) is 97.9 Å². The molecule has 0 aliphatic rings. The van der Waals surface area contributed by atoms with Gasteiger partial charge in [-0.05, 0) is 82.8 Å². The summed E-state index contributed by atoms with van der Waals surface area (Å²) >= 11 is 0. The maximum Gasteiger partial charge on any atom is 0.164 e. The first kappa shape index (κ1) is 40.0. The molecule has 0 aliphatic carbocycles. The van der Waals surface area contributed by atoms with Crippen molar-refractivity contribution in [1.29, 1.82) is 0 Å².